The van der Waals surface area contributed by atoms with Gasteiger partial charge in [-0.25, -0.2) is 8.42 Å². The average Bonchev–Trinajstić information content (AvgIpc) is 2.64. The molecule has 2 N–H and O–H groups in total. The Hall–Kier alpha value is -2.45. The molecule has 8 heteroatoms. The van der Waals surface area contributed by atoms with Crippen molar-refractivity contribution < 1.29 is 13.2 Å². The molecule has 0 saturated heterocycles. The first-order valence-corrected chi connectivity index (χ1v) is 10.1. The standard InChI is InChI=1S/C18H22N4O3S/c19-9-4-10-22(13-15-5-2-1-3-6-15)18(23)16-7-8-17-20-26(24,25)12-11-21(17)14-16/h1-3,5-8,14H,4,9-13,19H2. The van der Waals surface area contributed by atoms with E-state index in [1.807, 2.05) is 30.3 Å². The molecule has 1 amide bonds. The Morgan fingerprint density at radius 3 is 2.73 bits per heavy atom. The lowest BCUT2D eigenvalue weighted by Gasteiger charge is -2.29. The van der Waals surface area contributed by atoms with E-state index >= 15 is 0 Å². The molecule has 1 aromatic carbocycles. The third kappa shape index (κ3) is 4.39. The number of carbonyl (C=O) groups excluding carboxylic acids is 1. The fraction of sp³-hybridized carbons (Fsp3) is 0.333. The van der Waals surface area contributed by atoms with Crippen LogP contribution in [-0.4, -0.2) is 55.3 Å². The molecule has 0 fully saturated rings. The monoisotopic (exact) mass is 374 g/mol. The second-order valence-electron chi connectivity index (χ2n) is 6.20. The second kappa shape index (κ2) is 7.84. The van der Waals surface area contributed by atoms with Crippen molar-refractivity contribution in [3.8, 4) is 0 Å². The number of nitrogens with zero attached hydrogens (tertiary/aromatic N) is 3. The lowest BCUT2D eigenvalue weighted by atomic mass is 10.1. The second-order valence-corrected chi connectivity index (χ2v) is 7.96. The zero-order valence-corrected chi connectivity index (χ0v) is 15.2. The first-order valence-electron chi connectivity index (χ1n) is 8.51. The van der Waals surface area contributed by atoms with Gasteiger partial charge in [0.15, 0.2) is 0 Å². The molecule has 7 nitrogen and oxygen atoms in total. The number of rotatable bonds is 6. The molecule has 0 saturated carbocycles. The molecular formula is C18H22N4O3S. The summed E-state index contributed by atoms with van der Waals surface area (Å²) in [6, 6.07) is 9.78. The van der Waals surface area contributed by atoms with E-state index in [-0.39, 0.29) is 11.7 Å². The van der Waals surface area contributed by atoms with Gasteiger partial charge < -0.3 is 15.5 Å². The maximum absolute atomic E-state index is 13.0. The first-order chi connectivity index (χ1) is 12.5. The minimum atomic E-state index is -3.40. The third-order valence-electron chi connectivity index (χ3n) is 4.21. The first kappa shape index (κ1) is 18.3. The number of nitrogens with two attached hydrogens (primary N) is 1. The Labute approximate surface area is 153 Å². The van der Waals surface area contributed by atoms with Crippen molar-refractivity contribution in [2.24, 2.45) is 10.1 Å². The van der Waals surface area contributed by atoms with E-state index in [0.29, 0.717) is 44.0 Å². The summed E-state index contributed by atoms with van der Waals surface area (Å²) in [6.07, 6.45) is 5.59. The van der Waals surface area contributed by atoms with Crippen LogP contribution in [0.25, 0.3) is 0 Å². The average molecular weight is 374 g/mol. The van der Waals surface area contributed by atoms with Crippen LogP contribution < -0.4 is 5.73 Å². The smallest absolute Gasteiger partial charge is 0.256 e. The van der Waals surface area contributed by atoms with Crippen LogP contribution in [0.4, 0.5) is 0 Å². The highest BCUT2D eigenvalue weighted by atomic mass is 32.2. The van der Waals surface area contributed by atoms with Crippen molar-refractivity contribution in [3.05, 3.63) is 59.8 Å². The zero-order valence-electron chi connectivity index (χ0n) is 14.4. The summed E-state index contributed by atoms with van der Waals surface area (Å²) in [5, 5.41) is 0. The summed E-state index contributed by atoms with van der Waals surface area (Å²) < 4.78 is 26.9. The normalized spacial score (nSPS) is 18.0. The molecule has 2 heterocycles. The molecule has 0 atom stereocenters. The number of fused-ring (bicyclic) bond motifs is 1. The van der Waals surface area contributed by atoms with Gasteiger partial charge in [0.25, 0.3) is 15.9 Å². The number of sulfonamides is 1. The molecule has 0 unspecified atom stereocenters. The Bertz CT molecular complexity index is 860. The Balaban J connectivity index is 1.79. The van der Waals surface area contributed by atoms with E-state index in [2.05, 4.69) is 4.40 Å². The van der Waals surface area contributed by atoms with Crippen molar-refractivity contribution in [2.75, 3.05) is 25.4 Å². The van der Waals surface area contributed by atoms with E-state index < -0.39 is 10.0 Å². The van der Waals surface area contributed by atoms with Crippen molar-refractivity contribution in [1.29, 1.82) is 0 Å². The van der Waals surface area contributed by atoms with Gasteiger partial charge in [-0.3, -0.25) is 4.79 Å². The van der Waals surface area contributed by atoms with Crippen molar-refractivity contribution in [3.63, 3.8) is 0 Å². The van der Waals surface area contributed by atoms with Crippen LogP contribution in [0.3, 0.4) is 0 Å². The van der Waals surface area contributed by atoms with E-state index in [1.165, 1.54) is 0 Å². The highest BCUT2D eigenvalue weighted by Crippen LogP contribution is 2.18. The maximum Gasteiger partial charge on any atom is 0.256 e. The molecule has 0 radical (unpaired) electrons. The molecule has 138 valence electrons. The van der Waals surface area contributed by atoms with E-state index in [1.54, 1.807) is 28.2 Å². The molecule has 0 bridgehead atoms. The van der Waals surface area contributed by atoms with Crippen LogP contribution in [-0.2, 0) is 21.4 Å². The molecule has 2 aliphatic rings. The number of benzene rings is 1. The van der Waals surface area contributed by atoms with Gasteiger partial charge >= 0.3 is 0 Å². The minimum Gasteiger partial charge on any atom is -0.334 e. The molecule has 2 aliphatic heterocycles. The summed E-state index contributed by atoms with van der Waals surface area (Å²) in [7, 11) is -3.40. The number of amidine groups is 1. The summed E-state index contributed by atoms with van der Waals surface area (Å²) >= 11 is 0. The van der Waals surface area contributed by atoms with Crippen LogP contribution in [0.5, 0.6) is 0 Å². The van der Waals surface area contributed by atoms with Crippen molar-refractivity contribution in [1.82, 2.24) is 9.80 Å². The van der Waals surface area contributed by atoms with Gasteiger partial charge in [-0.1, -0.05) is 30.3 Å². The SMILES string of the molecule is NCCCN(Cc1ccccc1)C(=O)C1=CN2CCS(=O)(=O)N=C2C=C1. The summed E-state index contributed by atoms with van der Waals surface area (Å²) in [6.45, 7) is 1.86. The topological polar surface area (TPSA) is 96.1 Å². The predicted molar refractivity (Wildman–Crippen MR) is 101 cm³/mol. The quantitative estimate of drug-likeness (QED) is 0.797. The summed E-state index contributed by atoms with van der Waals surface area (Å²) in [4.78, 5) is 16.5. The molecule has 0 aliphatic carbocycles. The molecular weight excluding hydrogens is 352 g/mol. The number of hydrogen-bond acceptors (Lipinski definition) is 5. The van der Waals surface area contributed by atoms with Gasteiger partial charge in [-0.15, -0.1) is 4.40 Å². The van der Waals surface area contributed by atoms with E-state index in [4.69, 9.17) is 5.73 Å². The molecule has 3 rings (SSSR count). The van der Waals surface area contributed by atoms with Crippen LogP contribution >= 0.6 is 0 Å². The van der Waals surface area contributed by atoms with Gasteiger partial charge in [-0.05, 0) is 30.7 Å². The third-order valence-corrected chi connectivity index (χ3v) is 5.37. The molecule has 0 aromatic heterocycles. The largest absolute Gasteiger partial charge is 0.334 e. The Kier molecular flexibility index (Phi) is 5.53. The Morgan fingerprint density at radius 1 is 1.23 bits per heavy atom. The van der Waals surface area contributed by atoms with Crippen molar-refractivity contribution in [2.45, 2.75) is 13.0 Å². The number of carbonyl (C=O) groups is 1. The van der Waals surface area contributed by atoms with Gasteiger partial charge in [0.1, 0.15) is 5.84 Å². The minimum absolute atomic E-state index is 0.0524. The number of amides is 1. The molecule has 26 heavy (non-hydrogen) atoms. The van der Waals surface area contributed by atoms with Crippen molar-refractivity contribution >= 4 is 21.8 Å². The highest BCUT2D eigenvalue weighted by Gasteiger charge is 2.26. The number of hydrogen-bond donors (Lipinski definition) is 1. The molecule has 1 aromatic rings. The van der Waals surface area contributed by atoms with Gasteiger partial charge in [0.05, 0.1) is 11.3 Å². The lowest BCUT2D eigenvalue weighted by Crippen LogP contribution is -2.39. The van der Waals surface area contributed by atoms with Crippen LogP contribution in [0.15, 0.2) is 58.7 Å². The van der Waals surface area contributed by atoms with E-state index in [9.17, 15) is 13.2 Å². The molecule has 0 spiro atoms. The van der Waals surface area contributed by atoms with Crippen LogP contribution in [0.1, 0.15) is 12.0 Å². The summed E-state index contributed by atoms with van der Waals surface area (Å²) in [5.41, 5.74) is 7.17. The van der Waals surface area contributed by atoms with Gasteiger partial charge in [0.2, 0.25) is 0 Å². The maximum atomic E-state index is 13.0. The zero-order chi connectivity index (χ0) is 18.6. The van der Waals surface area contributed by atoms with Crippen LogP contribution in [0, 0.1) is 0 Å². The van der Waals surface area contributed by atoms with Crippen LogP contribution in [0.2, 0.25) is 0 Å². The fourth-order valence-corrected chi connectivity index (χ4v) is 3.82. The fourth-order valence-electron chi connectivity index (χ4n) is 2.85. The Morgan fingerprint density at radius 2 is 2.00 bits per heavy atom. The van der Waals surface area contributed by atoms with Gasteiger partial charge in [0, 0.05) is 25.8 Å². The lowest BCUT2D eigenvalue weighted by molar-refractivity contribution is -0.127. The highest BCUT2D eigenvalue weighted by molar-refractivity contribution is 7.90. The predicted octanol–water partition coefficient (Wildman–Crippen LogP) is 0.862. The summed E-state index contributed by atoms with van der Waals surface area (Å²) in [5.74, 6) is 0.193. The van der Waals surface area contributed by atoms with E-state index in [0.717, 1.165) is 5.56 Å². The van der Waals surface area contributed by atoms with Gasteiger partial charge in [-0.2, -0.15) is 0 Å².